The van der Waals surface area contributed by atoms with Gasteiger partial charge in [-0.2, -0.15) is 0 Å². The van der Waals surface area contributed by atoms with Crippen molar-refractivity contribution in [3.63, 3.8) is 0 Å². The maximum absolute atomic E-state index is 4.26. The van der Waals surface area contributed by atoms with E-state index in [9.17, 15) is 0 Å². The van der Waals surface area contributed by atoms with Crippen LogP contribution in [-0.4, -0.2) is 24.1 Å². The van der Waals surface area contributed by atoms with Gasteiger partial charge in [0, 0.05) is 24.0 Å². The predicted octanol–water partition coefficient (Wildman–Crippen LogP) is 2.07. The third-order valence-electron chi connectivity index (χ3n) is 3.18. The highest BCUT2D eigenvalue weighted by molar-refractivity contribution is 7.09. The summed E-state index contributed by atoms with van der Waals surface area (Å²) in [5.74, 6) is 0. The van der Waals surface area contributed by atoms with E-state index in [4.69, 9.17) is 0 Å². The van der Waals surface area contributed by atoms with Gasteiger partial charge in [0.05, 0.1) is 11.2 Å². The Hall–Kier alpha value is -0.450. The molecule has 1 aliphatic rings. The van der Waals surface area contributed by atoms with Gasteiger partial charge >= 0.3 is 0 Å². The molecule has 0 aromatic carbocycles. The molecule has 1 aromatic rings. The lowest BCUT2D eigenvalue weighted by Crippen LogP contribution is -2.37. The lowest BCUT2D eigenvalue weighted by molar-refractivity contribution is 0.471. The van der Waals surface area contributed by atoms with Gasteiger partial charge < -0.3 is 10.6 Å². The predicted molar refractivity (Wildman–Crippen MR) is 68.8 cm³/mol. The first-order chi connectivity index (χ1) is 7.86. The molecule has 0 bridgehead atoms. The molecular formula is C12H21N3S. The van der Waals surface area contributed by atoms with E-state index >= 15 is 0 Å². The summed E-state index contributed by atoms with van der Waals surface area (Å²) < 4.78 is 0. The quantitative estimate of drug-likeness (QED) is 0.844. The molecule has 4 heteroatoms. The van der Waals surface area contributed by atoms with E-state index in [1.807, 2.05) is 5.51 Å². The van der Waals surface area contributed by atoms with Crippen LogP contribution >= 0.6 is 11.3 Å². The first-order valence-electron chi connectivity index (χ1n) is 6.19. The fourth-order valence-corrected chi connectivity index (χ4v) is 2.88. The van der Waals surface area contributed by atoms with Gasteiger partial charge in [-0.15, -0.1) is 11.3 Å². The Labute approximate surface area is 102 Å². The van der Waals surface area contributed by atoms with Gasteiger partial charge in [0.1, 0.15) is 0 Å². The topological polar surface area (TPSA) is 37.0 Å². The normalized spacial score (nSPS) is 21.9. The van der Waals surface area contributed by atoms with Gasteiger partial charge in [-0.3, -0.25) is 0 Å². The van der Waals surface area contributed by atoms with Crippen LogP contribution in [0.1, 0.15) is 36.3 Å². The number of nitrogens with one attached hydrogen (secondary N) is 2. The van der Waals surface area contributed by atoms with E-state index in [2.05, 4.69) is 22.5 Å². The standard InChI is InChI=1S/C12H21N3S/c1-10-12(16-9-15-10)8-13-7-11-5-3-2-4-6-14-11/h9,11,13-14H,2-8H2,1H3. The molecule has 3 nitrogen and oxygen atoms in total. The van der Waals surface area contributed by atoms with Crippen LogP contribution < -0.4 is 10.6 Å². The first kappa shape index (κ1) is 12.0. The molecule has 1 fully saturated rings. The highest BCUT2D eigenvalue weighted by Crippen LogP contribution is 2.12. The average molecular weight is 239 g/mol. The lowest BCUT2D eigenvalue weighted by atomic mass is 10.1. The van der Waals surface area contributed by atoms with Gasteiger partial charge in [0.15, 0.2) is 0 Å². The molecule has 90 valence electrons. The molecular weight excluding hydrogens is 218 g/mol. The Morgan fingerprint density at radius 2 is 2.44 bits per heavy atom. The second-order valence-electron chi connectivity index (χ2n) is 4.49. The van der Waals surface area contributed by atoms with Gasteiger partial charge in [-0.05, 0) is 26.3 Å². The summed E-state index contributed by atoms with van der Waals surface area (Å²) in [6, 6.07) is 0.663. The van der Waals surface area contributed by atoms with Crippen LogP contribution in [0.4, 0.5) is 0 Å². The Kier molecular flexibility index (Phi) is 4.75. The van der Waals surface area contributed by atoms with Gasteiger partial charge in [0.25, 0.3) is 0 Å². The summed E-state index contributed by atoms with van der Waals surface area (Å²) in [4.78, 5) is 5.63. The largest absolute Gasteiger partial charge is 0.313 e. The van der Waals surface area contributed by atoms with E-state index in [-0.39, 0.29) is 0 Å². The van der Waals surface area contributed by atoms with Crippen molar-refractivity contribution < 1.29 is 0 Å². The molecule has 1 saturated heterocycles. The van der Waals surface area contributed by atoms with Crippen LogP contribution in [0, 0.1) is 6.92 Å². The zero-order chi connectivity index (χ0) is 11.2. The second-order valence-corrected chi connectivity index (χ2v) is 5.43. The van der Waals surface area contributed by atoms with E-state index in [0.717, 1.165) is 13.1 Å². The summed E-state index contributed by atoms with van der Waals surface area (Å²) in [5.41, 5.74) is 3.10. The molecule has 1 unspecified atom stereocenters. The van der Waals surface area contributed by atoms with Crippen LogP contribution in [0.15, 0.2) is 5.51 Å². The highest BCUT2D eigenvalue weighted by atomic mass is 32.1. The van der Waals surface area contributed by atoms with Crippen LogP contribution in [0.2, 0.25) is 0 Å². The van der Waals surface area contributed by atoms with Crippen molar-refractivity contribution in [3.8, 4) is 0 Å². The zero-order valence-corrected chi connectivity index (χ0v) is 10.8. The summed E-state index contributed by atoms with van der Waals surface area (Å²) in [6.07, 6.45) is 5.41. The third-order valence-corrected chi connectivity index (χ3v) is 4.12. The third kappa shape index (κ3) is 3.54. The van der Waals surface area contributed by atoms with Crippen molar-refractivity contribution in [3.05, 3.63) is 16.1 Å². The number of hydrogen-bond donors (Lipinski definition) is 2. The van der Waals surface area contributed by atoms with Crippen LogP contribution in [0.25, 0.3) is 0 Å². The summed E-state index contributed by atoms with van der Waals surface area (Å²) in [6.45, 7) is 5.31. The van der Waals surface area contributed by atoms with Gasteiger partial charge in [-0.25, -0.2) is 4.98 Å². The Balaban J connectivity index is 1.69. The number of rotatable bonds is 4. The number of nitrogens with zero attached hydrogens (tertiary/aromatic N) is 1. The van der Waals surface area contributed by atoms with Crippen LogP contribution in [-0.2, 0) is 6.54 Å². The van der Waals surface area contributed by atoms with E-state index in [1.165, 1.54) is 42.8 Å². The van der Waals surface area contributed by atoms with Gasteiger partial charge in [0.2, 0.25) is 0 Å². The molecule has 0 radical (unpaired) electrons. The van der Waals surface area contributed by atoms with Gasteiger partial charge in [-0.1, -0.05) is 12.8 Å². The fraction of sp³-hybridized carbons (Fsp3) is 0.750. The number of aromatic nitrogens is 1. The summed E-state index contributed by atoms with van der Waals surface area (Å²) in [5, 5.41) is 7.14. The van der Waals surface area contributed by atoms with Crippen LogP contribution in [0.3, 0.4) is 0 Å². The van der Waals surface area contributed by atoms with Crippen molar-refractivity contribution >= 4 is 11.3 Å². The molecule has 1 aliphatic heterocycles. The van der Waals surface area contributed by atoms with Crippen molar-refractivity contribution in [1.82, 2.24) is 15.6 Å². The maximum atomic E-state index is 4.26. The minimum absolute atomic E-state index is 0.663. The summed E-state index contributed by atoms with van der Waals surface area (Å²) >= 11 is 1.75. The SMILES string of the molecule is Cc1ncsc1CNCC1CCCCCN1. The molecule has 2 rings (SSSR count). The molecule has 16 heavy (non-hydrogen) atoms. The van der Waals surface area contributed by atoms with E-state index in [0.29, 0.717) is 6.04 Å². The van der Waals surface area contributed by atoms with Crippen molar-refractivity contribution in [2.45, 2.75) is 45.2 Å². The molecule has 0 aliphatic carbocycles. The van der Waals surface area contributed by atoms with E-state index < -0.39 is 0 Å². The highest BCUT2D eigenvalue weighted by Gasteiger charge is 2.10. The monoisotopic (exact) mass is 239 g/mol. The molecule has 0 amide bonds. The fourth-order valence-electron chi connectivity index (χ4n) is 2.13. The lowest BCUT2D eigenvalue weighted by Gasteiger charge is -2.16. The van der Waals surface area contributed by atoms with E-state index in [1.54, 1.807) is 11.3 Å². The molecule has 2 N–H and O–H groups in total. The number of aryl methyl sites for hydroxylation is 1. The molecule has 1 atom stereocenters. The molecule has 2 heterocycles. The Morgan fingerprint density at radius 3 is 3.25 bits per heavy atom. The average Bonchev–Trinajstić information content (AvgIpc) is 2.55. The molecule has 0 spiro atoms. The minimum atomic E-state index is 0.663. The minimum Gasteiger partial charge on any atom is -0.313 e. The molecule has 0 saturated carbocycles. The first-order valence-corrected chi connectivity index (χ1v) is 7.07. The maximum Gasteiger partial charge on any atom is 0.0798 e. The number of hydrogen-bond acceptors (Lipinski definition) is 4. The smallest absolute Gasteiger partial charge is 0.0798 e. The van der Waals surface area contributed by atoms with Crippen molar-refractivity contribution in [2.24, 2.45) is 0 Å². The van der Waals surface area contributed by atoms with Crippen molar-refractivity contribution in [2.75, 3.05) is 13.1 Å². The Morgan fingerprint density at radius 1 is 1.50 bits per heavy atom. The summed E-state index contributed by atoms with van der Waals surface area (Å²) in [7, 11) is 0. The number of thiazole rings is 1. The molecule has 1 aromatic heterocycles. The van der Waals surface area contributed by atoms with Crippen LogP contribution in [0.5, 0.6) is 0 Å². The van der Waals surface area contributed by atoms with Crippen molar-refractivity contribution in [1.29, 1.82) is 0 Å². The Bertz CT molecular complexity index is 303. The second kappa shape index (κ2) is 6.33. The zero-order valence-electron chi connectivity index (χ0n) is 9.96.